The van der Waals surface area contributed by atoms with Crippen LogP contribution in [0, 0.1) is 0 Å². The number of phosphoric ester groups is 1. The number of aliphatic hydroxyl groups is 7. The molecule has 9 N–H and O–H groups in total. The lowest BCUT2D eigenvalue weighted by molar-refractivity contribution is -0.220. The largest absolute Gasteiger partial charge is 0.472 e. The molecule has 1 amide bonds. The van der Waals surface area contributed by atoms with Crippen LogP contribution in [0.25, 0.3) is 0 Å². The molecule has 0 saturated heterocycles. The second-order valence-corrected chi connectivity index (χ2v) is 18.5. The number of rotatable bonds is 39. The van der Waals surface area contributed by atoms with Gasteiger partial charge in [0.25, 0.3) is 0 Å². The molecule has 0 spiro atoms. The minimum absolute atomic E-state index is 0.263. The lowest BCUT2D eigenvalue weighted by Gasteiger charge is -2.41. The molecule has 0 bridgehead atoms. The number of aliphatic hydroxyl groups excluding tert-OH is 7. The van der Waals surface area contributed by atoms with Crippen LogP contribution in [0.3, 0.4) is 0 Å². The average Bonchev–Trinajstić information content (AvgIpc) is 3.24. The summed E-state index contributed by atoms with van der Waals surface area (Å²) in [7, 11) is -5.16. The highest BCUT2D eigenvalue weighted by Gasteiger charge is 2.51. The summed E-state index contributed by atoms with van der Waals surface area (Å²) >= 11 is 0. The van der Waals surface area contributed by atoms with Crippen molar-refractivity contribution >= 4 is 13.7 Å². The van der Waals surface area contributed by atoms with E-state index in [1.807, 2.05) is 0 Å². The van der Waals surface area contributed by atoms with Crippen molar-refractivity contribution in [3.63, 3.8) is 0 Å². The molecule has 0 aromatic heterocycles. The molecule has 0 heterocycles. The Morgan fingerprint density at radius 2 is 0.952 bits per heavy atom. The Bertz CT molecular complexity index is 1250. The molecule has 1 saturated carbocycles. The molecule has 0 radical (unpaired) electrons. The predicted octanol–water partition coefficient (Wildman–Crippen LogP) is 8.31. The summed E-state index contributed by atoms with van der Waals surface area (Å²) in [4.78, 5) is 23.4. The number of nitrogens with one attached hydrogen (secondary N) is 1. The van der Waals surface area contributed by atoms with E-state index in [4.69, 9.17) is 9.05 Å². The second kappa shape index (κ2) is 37.5. The maximum atomic E-state index is 13.0. The van der Waals surface area contributed by atoms with Crippen molar-refractivity contribution in [1.82, 2.24) is 5.32 Å². The van der Waals surface area contributed by atoms with Gasteiger partial charge in [-0.05, 0) is 70.6 Å². The summed E-state index contributed by atoms with van der Waals surface area (Å²) in [5, 5.41) is 74.5. The van der Waals surface area contributed by atoms with E-state index < -0.39 is 75.2 Å². The number of carbonyl (C=O) groups excluding carboxylic acids is 1. The molecule has 13 nitrogen and oxygen atoms in total. The Balaban J connectivity index is 2.58. The minimum Gasteiger partial charge on any atom is -0.393 e. The maximum Gasteiger partial charge on any atom is 0.472 e. The van der Waals surface area contributed by atoms with Gasteiger partial charge in [0.2, 0.25) is 5.91 Å². The van der Waals surface area contributed by atoms with Gasteiger partial charge in [-0.15, -0.1) is 0 Å². The molecule has 362 valence electrons. The number of unbranched alkanes of at least 4 members (excludes halogenated alkanes) is 20. The fourth-order valence-electron chi connectivity index (χ4n) is 7.38. The molecule has 8 unspecified atom stereocenters. The van der Waals surface area contributed by atoms with Gasteiger partial charge in [0.15, 0.2) is 0 Å². The fourth-order valence-corrected chi connectivity index (χ4v) is 8.35. The van der Waals surface area contributed by atoms with Crippen LogP contribution in [-0.2, 0) is 18.4 Å². The molecule has 0 aliphatic heterocycles. The number of phosphoric acid groups is 1. The highest BCUT2D eigenvalue weighted by atomic mass is 31.2. The van der Waals surface area contributed by atoms with Crippen molar-refractivity contribution in [3.8, 4) is 0 Å². The molecule has 1 aliphatic rings. The summed E-state index contributed by atoms with van der Waals surface area (Å²) in [6.07, 6.45) is 30.5. The van der Waals surface area contributed by atoms with Gasteiger partial charge in [-0.25, -0.2) is 4.57 Å². The molecule has 14 heteroatoms. The highest BCUT2D eigenvalue weighted by molar-refractivity contribution is 7.47. The third-order valence-electron chi connectivity index (χ3n) is 11.4. The van der Waals surface area contributed by atoms with Gasteiger partial charge >= 0.3 is 7.82 Å². The van der Waals surface area contributed by atoms with Crippen molar-refractivity contribution in [2.75, 3.05) is 6.61 Å². The van der Waals surface area contributed by atoms with Crippen LogP contribution in [0.15, 0.2) is 48.6 Å². The standard InChI is InChI=1S/C48H88NO12P/c1-3-5-7-9-11-13-15-17-19-20-22-24-26-28-30-32-34-36-41(51)40(38-60-62(58,59)61-48-46(56)44(54)43(53)45(55)47(48)57)49-42(52)37-39(50)35-33-31-29-27-25-23-21-18-16-14-12-10-8-6-4-2/h18-21,26,28,34,36,39-41,43-48,50-51,53-57H,3-17,22-25,27,29-33,35,37-38H2,1-2H3,(H,49,52)(H,58,59)/b20-19+,21-18-,28-26+,36-34+. The van der Waals surface area contributed by atoms with Crippen molar-refractivity contribution in [2.24, 2.45) is 0 Å². The smallest absolute Gasteiger partial charge is 0.393 e. The summed E-state index contributed by atoms with van der Waals surface area (Å²) in [5.41, 5.74) is 0. The zero-order valence-electron chi connectivity index (χ0n) is 38.3. The number of hydrogen-bond donors (Lipinski definition) is 9. The van der Waals surface area contributed by atoms with Crippen LogP contribution in [-0.4, -0.2) is 108 Å². The second-order valence-electron chi connectivity index (χ2n) is 17.1. The van der Waals surface area contributed by atoms with Crippen LogP contribution >= 0.6 is 7.82 Å². The Hall–Kier alpha value is -1.74. The van der Waals surface area contributed by atoms with Gasteiger partial charge in [-0.3, -0.25) is 13.8 Å². The molecule has 62 heavy (non-hydrogen) atoms. The normalized spacial score (nSPS) is 23.5. The monoisotopic (exact) mass is 902 g/mol. The van der Waals surface area contributed by atoms with E-state index in [1.165, 1.54) is 89.5 Å². The summed E-state index contributed by atoms with van der Waals surface area (Å²) in [6.45, 7) is 3.71. The molecule has 0 aromatic carbocycles. The van der Waals surface area contributed by atoms with Gasteiger partial charge < -0.3 is 46.0 Å². The van der Waals surface area contributed by atoms with Gasteiger partial charge in [0, 0.05) is 0 Å². The number of hydrogen-bond acceptors (Lipinski definition) is 11. The van der Waals surface area contributed by atoms with Crippen molar-refractivity contribution in [3.05, 3.63) is 48.6 Å². The molecular weight excluding hydrogens is 813 g/mol. The number of carbonyl (C=O) groups is 1. The van der Waals surface area contributed by atoms with E-state index in [0.29, 0.717) is 19.3 Å². The zero-order valence-corrected chi connectivity index (χ0v) is 39.2. The summed E-state index contributed by atoms with van der Waals surface area (Å²) < 4.78 is 22.9. The minimum atomic E-state index is -5.16. The predicted molar refractivity (Wildman–Crippen MR) is 247 cm³/mol. The van der Waals surface area contributed by atoms with Crippen LogP contribution in [0.2, 0.25) is 0 Å². The molecule has 8 atom stereocenters. The van der Waals surface area contributed by atoms with E-state index in [2.05, 4.69) is 55.6 Å². The number of allylic oxidation sites excluding steroid dienone is 7. The third kappa shape index (κ3) is 28.9. The van der Waals surface area contributed by atoms with Crippen LogP contribution < -0.4 is 5.32 Å². The van der Waals surface area contributed by atoms with Crippen LogP contribution in [0.4, 0.5) is 0 Å². The first-order valence-electron chi connectivity index (χ1n) is 24.2. The average molecular weight is 902 g/mol. The van der Waals surface area contributed by atoms with Crippen molar-refractivity contribution < 1.29 is 59.0 Å². The molecular formula is C48H88NO12P. The Labute approximate surface area is 374 Å². The Morgan fingerprint density at radius 3 is 1.42 bits per heavy atom. The molecule has 1 aliphatic carbocycles. The SMILES string of the molecule is CCCCCCCC/C=C\CCCCCCCC(O)CC(=O)NC(COP(=O)(O)OC1C(O)C(O)C(O)C(O)C1O)C(O)/C=C/CC/C=C/CC/C=C/CCCCCCCCC. The van der Waals surface area contributed by atoms with Crippen molar-refractivity contribution in [2.45, 2.75) is 242 Å². The van der Waals surface area contributed by atoms with Crippen molar-refractivity contribution in [1.29, 1.82) is 0 Å². The highest BCUT2D eigenvalue weighted by Crippen LogP contribution is 2.47. The summed E-state index contributed by atoms with van der Waals surface area (Å²) in [6, 6.07) is -1.27. The Morgan fingerprint density at radius 1 is 0.565 bits per heavy atom. The number of amides is 1. The van der Waals surface area contributed by atoms with E-state index in [1.54, 1.807) is 6.08 Å². The van der Waals surface area contributed by atoms with E-state index in [0.717, 1.165) is 64.2 Å². The Kier molecular flexibility index (Phi) is 35.2. The quantitative estimate of drug-likeness (QED) is 0.0161. The third-order valence-corrected chi connectivity index (χ3v) is 12.3. The van der Waals surface area contributed by atoms with Crippen LogP contribution in [0.1, 0.15) is 187 Å². The van der Waals surface area contributed by atoms with Gasteiger partial charge in [-0.2, -0.15) is 0 Å². The molecule has 0 aromatic rings. The maximum absolute atomic E-state index is 13.0. The lowest BCUT2D eigenvalue weighted by atomic mass is 9.85. The van der Waals surface area contributed by atoms with E-state index in [9.17, 15) is 50.0 Å². The van der Waals surface area contributed by atoms with Crippen LogP contribution in [0.5, 0.6) is 0 Å². The first kappa shape index (κ1) is 58.3. The van der Waals surface area contributed by atoms with Gasteiger partial charge in [-0.1, -0.05) is 159 Å². The first-order chi connectivity index (χ1) is 29.8. The lowest BCUT2D eigenvalue weighted by Crippen LogP contribution is -2.64. The fraction of sp³-hybridized carbons (Fsp3) is 0.812. The van der Waals surface area contributed by atoms with Gasteiger partial charge in [0.1, 0.15) is 36.6 Å². The van der Waals surface area contributed by atoms with E-state index >= 15 is 0 Å². The van der Waals surface area contributed by atoms with Gasteiger partial charge in [0.05, 0.1) is 31.3 Å². The zero-order chi connectivity index (χ0) is 45.9. The summed E-state index contributed by atoms with van der Waals surface area (Å²) in [5.74, 6) is -0.613. The first-order valence-corrected chi connectivity index (χ1v) is 25.7. The molecule has 1 rings (SSSR count). The topological polar surface area (TPSA) is 226 Å². The van der Waals surface area contributed by atoms with E-state index in [-0.39, 0.29) is 6.42 Å². The molecule has 1 fully saturated rings.